The normalized spacial score (nSPS) is 20.7. The van der Waals surface area contributed by atoms with Crippen LogP contribution in [-0.4, -0.2) is 29.7 Å². The number of anilines is 1. The maximum absolute atomic E-state index is 13.8. The van der Waals surface area contributed by atoms with Crippen LogP contribution in [0.3, 0.4) is 0 Å². The third kappa shape index (κ3) is 3.03. The molecule has 1 amide bonds. The number of fused-ring (bicyclic) bond motifs is 1. The molecule has 2 aliphatic rings. The van der Waals surface area contributed by atoms with Crippen molar-refractivity contribution in [3.05, 3.63) is 52.3 Å². The predicted molar refractivity (Wildman–Crippen MR) is 99.0 cm³/mol. The highest BCUT2D eigenvalue weighted by Gasteiger charge is 2.40. The summed E-state index contributed by atoms with van der Waals surface area (Å²) in [6, 6.07) is 3.01. The van der Waals surface area contributed by atoms with Crippen molar-refractivity contribution in [2.45, 2.75) is 39.2 Å². The molecule has 7 heteroatoms. The summed E-state index contributed by atoms with van der Waals surface area (Å²) in [5.41, 5.74) is 1.94. The molecule has 0 spiro atoms. The van der Waals surface area contributed by atoms with E-state index in [1.165, 1.54) is 6.07 Å². The van der Waals surface area contributed by atoms with Crippen molar-refractivity contribution in [3.63, 3.8) is 0 Å². The zero-order valence-electron chi connectivity index (χ0n) is 14.9. The number of benzene rings is 1. The van der Waals surface area contributed by atoms with E-state index in [0.29, 0.717) is 35.2 Å². The standard InChI is InChI=1S/C19H20ClF2N3O/c1-4-11-6-9-16-18(23-17(11)20)25(15(5-2)19(26)24(16)3)12-7-8-13(21)14(22)10-12/h7-10,15H,4-6H2,1-3H3. The number of aliphatic imine (C=N–C) groups is 1. The number of hydrogen-bond acceptors (Lipinski definition) is 3. The molecule has 0 aliphatic carbocycles. The fraction of sp³-hybridized carbons (Fsp3) is 0.368. The Bertz CT molecular complexity index is 847. The topological polar surface area (TPSA) is 35.9 Å². The Morgan fingerprint density at radius 3 is 2.62 bits per heavy atom. The minimum Gasteiger partial charge on any atom is -0.312 e. The molecule has 0 aromatic heterocycles. The molecule has 1 saturated heterocycles. The molecule has 0 bridgehead atoms. The van der Waals surface area contributed by atoms with Gasteiger partial charge in [0.25, 0.3) is 0 Å². The molecule has 1 aromatic rings. The molecule has 1 atom stereocenters. The molecular weight excluding hydrogens is 360 g/mol. The lowest BCUT2D eigenvalue weighted by atomic mass is 10.0. The highest BCUT2D eigenvalue weighted by molar-refractivity contribution is 6.31. The SMILES string of the molecule is CCC1=C(Cl)N=C2C(=CC1)N(C)C(=O)C(CC)N2c1ccc(F)c(F)c1. The van der Waals surface area contributed by atoms with Crippen LogP contribution in [0.5, 0.6) is 0 Å². The van der Waals surface area contributed by atoms with Gasteiger partial charge in [-0.1, -0.05) is 31.5 Å². The van der Waals surface area contributed by atoms with Crippen LogP contribution in [0.2, 0.25) is 0 Å². The lowest BCUT2D eigenvalue weighted by Crippen LogP contribution is -2.57. The van der Waals surface area contributed by atoms with Crippen LogP contribution in [0, 0.1) is 11.6 Å². The Balaban J connectivity index is 2.21. The fourth-order valence-corrected chi connectivity index (χ4v) is 3.56. The number of rotatable bonds is 3. The molecule has 138 valence electrons. The van der Waals surface area contributed by atoms with Crippen LogP contribution >= 0.6 is 11.6 Å². The quantitative estimate of drug-likeness (QED) is 0.721. The Morgan fingerprint density at radius 2 is 2.00 bits per heavy atom. The Morgan fingerprint density at radius 1 is 1.27 bits per heavy atom. The Hall–Kier alpha value is -2.21. The molecule has 1 aromatic carbocycles. The third-order valence-electron chi connectivity index (χ3n) is 4.78. The summed E-state index contributed by atoms with van der Waals surface area (Å²) < 4.78 is 27.3. The second-order valence-electron chi connectivity index (χ2n) is 6.27. The van der Waals surface area contributed by atoms with Crippen molar-refractivity contribution < 1.29 is 13.6 Å². The summed E-state index contributed by atoms with van der Waals surface area (Å²) in [6.45, 7) is 3.85. The largest absolute Gasteiger partial charge is 0.312 e. The number of allylic oxidation sites excluding steroid dienone is 2. The second-order valence-corrected chi connectivity index (χ2v) is 6.62. The summed E-state index contributed by atoms with van der Waals surface area (Å²) in [6.07, 6.45) is 3.71. The van der Waals surface area contributed by atoms with Crippen molar-refractivity contribution in [2.24, 2.45) is 4.99 Å². The second kappa shape index (κ2) is 7.19. The number of hydrogen-bond donors (Lipinski definition) is 0. The molecule has 2 heterocycles. The van der Waals surface area contributed by atoms with Crippen LogP contribution in [-0.2, 0) is 4.79 Å². The van der Waals surface area contributed by atoms with Crippen LogP contribution in [0.1, 0.15) is 33.1 Å². The molecule has 1 unspecified atom stereocenters. The van der Waals surface area contributed by atoms with Crippen molar-refractivity contribution >= 4 is 29.0 Å². The van der Waals surface area contributed by atoms with Gasteiger partial charge in [0.15, 0.2) is 17.5 Å². The van der Waals surface area contributed by atoms with E-state index >= 15 is 0 Å². The van der Waals surface area contributed by atoms with Gasteiger partial charge >= 0.3 is 0 Å². The van der Waals surface area contributed by atoms with Gasteiger partial charge in [0.1, 0.15) is 11.2 Å². The van der Waals surface area contributed by atoms with Crippen LogP contribution in [0.15, 0.2) is 45.7 Å². The van der Waals surface area contributed by atoms with Crippen molar-refractivity contribution in [3.8, 4) is 0 Å². The van der Waals surface area contributed by atoms with Crippen LogP contribution in [0.25, 0.3) is 0 Å². The molecule has 1 fully saturated rings. The predicted octanol–water partition coefficient (Wildman–Crippen LogP) is 4.57. The number of halogens is 3. The highest BCUT2D eigenvalue weighted by Crippen LogP contribution is 2.34. The zero-order valence-corrected chi connectivity index (χ0v) is 15.6. The van der Waals surface area contributed by atoms with E-state index in [-0.39, 0.29) is 5.91 Å². The van der Waals surface area contributed by atoms with Gasteiger partial charge in [-0.3, -0.25) is 4.79 Å². The van der Waals surface area contributed by atoms with Crippen molar-refractivity contribution in [2.75, 3.05) is 11.9 Å². The Kier molecular flexibility index (Phi) is 5.14. The van der Waals surface area contributed by atoms with Gasteiger partial charge in [-0.05, 0) is 37.0 Å². The smallest absolute Gasteiger partial charge is 0.249 e. The first kappa shape index (κ1) is 18.6. The van der Waals surface area contributed by atoms with Gasteiger partial charge in [0.2, 0.25) is 5.91 Å². The number of piperazine rings is 1. The lowest BCUT2D eigenvalue weighted by molar-refractivity contribution is -0.129. The highest BCUT2D eigenvalue weighted by atomic mass is 35.5. The molecule has 3 rings (SSSR count). The van der Waals surface area contributed by atoms with Gasteiger partial charge < -0.3 is 9.80 Å². The number of likely N-dealkylation sites (N-methyl/N-ethyl adjacent to an activating group) is 1. The van der Waals surface area contributed by atoms with E-state index in [4.69, 9.17) is 11.6 Å². The lowest BCUT2D eigenvalue weighted by Gasteiger charge is -2.42. The van der Waals surface area contributed by atoms with Gasteiger partial charge in [0, 0.05) is 18.8 Å². The first-order valence-electron chi connectivity index (χ1n) is 8.57. The number of nitrogens with zero attached hydrogens (tertiary/aromatic N) is 3. The third-order valence-corrected chi connectivity index (χ3v) is 5.13. The number of amides is 1. The number of carbonyl (C=O) groups excluding carboxylic acids is 1. The van der Waals surface area contributed by atoms with E-state index in [9.17, 15) is 13.6 Å². The average Bonchev–Trinajstić information content (AvgIpc) is 2.79. The molecule has 26 heavy (non-hydrogen) atoms. The maximum atomic E-state index is 13.8. The molecule has 0 radical (unpaired) electrons. The summed E-state index contributed by atoms with van der Waals surface area (Å²) in [5.74, 6) is -1.57. The molecular formula is C19H20ClF2N3O. The van der Waals surface area contributed by atoms with E-state index in [0.717, 1.165) is 24.1 Å². The number of carbonyl (C=O) groups is 1. The number of amidine groups is 1. The van der Waals surface area contributed by atoms with E-state index < -0.39 is 17.7 Å². The molecule has 2 aliphatic heterocycles. The first-order chi connectivity index (χ1) is 12.4. The van der Waals surface area contributed by atoms with Gasteiger partial charge in [0.05, 0.1) is 5.70 Å². The summed E-state index contributed by atoms with van der Waals surface area (Å²) >= 11 is 6.39. The Labute approximate surface area is 156 Å². The van der Waals surface area contributed by atoms with Gasteiger partial charge in [-0.25, -0.2) is 13.8 Å². The maximum Gasteiger partial charge on any atom is 0.249 e. The first-order valence-corrected chi connectivity index (χ1v) is 8.95. The molecule has 4 nitrogen and oxygen atoms in total. The van der Waals surface area contributed by atoms with Gasteiger partial charge in [-0.2, -0.15) is 0 Å². The van der Waals surface area contributed by atoms with Crippen LogP contribution in [0.4, 0.5) is 14.5 Å². The average molecular weight is 380 g/mol. The molecule has 0 saturated carbocycles. The minimum absolute atomic E-state index is 0.126. The van der Waals surface area contributed by atoms with Crippen LogP contribution < -0.4 is 4.90 Å². The van der Waals surface area contributed by atoms with E-state index in [1.54, 1.807) is 16.8 Å². The summed E-state index contributed by atoms with van der Waals surface area (Å²) in [4.78, 5) is 20.6. The van der Waals surface area contributed by atoms with Crippen molar-refractivity contribution in [1.82, 2.24) is 4.90 Å². The monoisotopic (exact) mass is 379 g/mol. The summed E-state index contributed by atoms with van der Waals surface area (Å²) in [5, 5.41) is 0.374. The zero-order chi connectivity index (χ0) is 19.0. The molecule has 0 N–H and O–H groups in total. The van der Waals surface area contributed by atoms with E-state index in [1.807, 2.05) is 19.9 Å². The summed E-state index contributed by atoms with van der Waals surface area (Å²) in [7, 11) is 1.69. The fourth-order valence-electron chi connectivity index (χ4n) is 3.27. The van der Waals surface area contributed by atoms with Crippen molar-refractivity contribution in [1.29, 1.82) is 0 Å². The van der Waals surface area contributed by atoms with E-state index in [2.05, 4.69) is 4.99 Å². The minimum atomic E-state index is -0.973. The van der Waals surface area contributed by atoms with Gasteiger partial charge in [-0.15, -0.1) is 0 Å².